The van der Waals surface area contributed by atoms with Gasteiger partial charge in [-0.05, 0) is 25.3 Å². The Bertz CT molecular complexity index is 527. The third kappa shape index (κ3) is 2.96. The zero-order valence-electron chi connectivity index (χ0n) is 10.3. The van der Waals surface area contributed by atoms with Crippen molar-refractivity contribution in [3.05, 3.63) is 22.8 Å². The number of anilines is 1. The number of pyridine rings is 1. The minimum absolute atomic E-state index is 0.0643. The summed E-state index contributed by atoms with van der Waals surface area (Å²) in [6, 6.07) is 3.47. The number of nitriles is 1. The van der Waals surface area contributed by atoms with E-state index in [1.807, 2.05) is 11.0 Å². The summed E-state index contributed by atoms with van der Waals surface area (Å²) < 4.78 is 0. The molecule has 2 heterocycles. The first kappa shape index (κ1) is 13.6. The molecule has 0 aliphatic carbocycles. The average molecular weight is 280 g/mol. The monoisotopic (exact) mass is 279 g/mol. The number of carboxylic acid groups (broad SMARTS) is 1. The highest BCUT2D eigenvalue weighted by molar-refractivity contribution is 6.34. The molecule has 5 nitrogen and oxygen atoms in total. The molecule has 1 atom stereocenters. The molecule has 1 saturated heterocycles. The molecule has 0 amide bonds. The van der Waals surface area contributed by atoms with E-state index in [1.54, 1.807) is 6.07 Å². The van der Waals surface area contributed by atoms with Gasteiger partial charge in [0.2, 0.25) is 0 Å². The van der Waals surface area contributed by atoms with E-state index in [9.17, 15) is 4.79 Å². The fourth-order valence-corrected chi connectivity index (χ4v) is 2.68. The van der Waals surface area contributed by atoms with E-state index in [1.165, 1.54) is 6.20 Å². The van der Waals surface area contributed by atoms with Crippen LogP contribution in [0.25, 0.3) is 0 Å². The predicted octanol–water partition coefficient (Wildman–Crippen LogP) is 2.44. The Morgan fingerprint density at radius 2 is 2.42 bits per heavy atom. The molecule has 100 valence electrons. The summed E-state index contributed by atoms with van der Waals surface area (Å²) in [5.74, 6) is -0.309. The Balaban J connectivity index is 2.32. The predicted molar refractivity (Wildman–Crippen MR) is 71.2 cm³/mol. The lowest BCUT2D eigenvalue weighted by molar-refractivity contribution is -0.137. The fourth-order valence-electron chi connectivity index (χ4n) is 2.41. The molecule has 0 bridgehead atoms. The van der Waals surface area contributed by atoms with Gasteiger partial charge in [0.1, 0.15) is 16.9 Å². The van der Waals surface area contributed by atoms with Crippen molar-refractivity contribution in [3.63, 3.8) is 0 Å². The van der Waals surface area contributed by atoms with Gasteiger partial charge in [0.25, 0.3) is 0 Å². The average Bonchev–Trinajstić information content (AvgIpc) is 2.39. The molecule has 6 heteroatoms. The number of piperidine rings is 1. The quantitative estimate of drug-likeness (QED) is 0.919. The zero-order valence-corrected chi connectivity index (χ0v) is 11.1. The van der Waals surface area contributed by atoms with Gasteiger partial charge in [0, 0.05) is 18.8 Å². The van der Waals surface area contributed by atoms with Crippen molar-refractivity contribution in [1.29, 1.82) is 5.26 Å². The summed E-state index contributed by atoms with van der Waals surface area (Å²) in [7, 11) is 0. The Morgan fingerprint density at radius 1 is 1.63 bits per heavy atom. The number of hydrogen-bond acceptors (Lipinski definition) is 4. The normalized spacial score (nSPS) is 18.9. The minimum atomic E-state index is -0.829. The second kappa shape index (κ2) is 5.89. The highest BCUT2D eigenvalue weighted by Crippen LogP contribution is 2.32. The Hall–Kier alpha value is -1.80. The Morgan fingerprint density at radius 3 is 3.11 bits per heavy atom. The van der Waals surface area contributed by atoms with Gasteiger partial charge in [-0.15, -0.1) is 0 Å². The molecule has 1 N–H and O–H groups in total. The van der Waals surface area contributed by atoms with E-state index in [0.29, 0.717) is 16.4 Å². The van der Waals surface area contributed by atoms with Gasteiger partial charge in [-0.25, -0.2) is 4.98 Å². The molecule has 0 saturated carbocycles. The van der Waals surface area contributed by atoms with Gasteiger partial charge in [0.15, 0.2) is 0 Å². The van der Waals surface area contributed by atoms with Crippen molar-refractivity contribution in [3.8, 4) is 6.07 Å². The van der Waals surface area contributed by atoms with Crippen molar-refractivity contribution in [1.82, 2.24) is 4.98 Å². The maximum Gasteiger partial charge on any atom is 0.305 e. The molecular formula is C13H14ClN3O2. The van der Waals surface area contributed by atoms with E-state index in [2.05, 4.69) is 4.98 Å². The summed E-state index contributed by atoms with van der Waals surface area (Å²) >= 11 is 6.17. The van der Waals surface area contributed by atoms with Crippen molar-refractivity contribution in [2.45, 2.75) is 31.7 Å². The number of aromatic nitrogens is 1. The lowest BCUT2D eigenvalue weighted by Crippen LogP contribution is -2.41. The first-order valence-electron chi connectivity index (χ1n) is 6.16. The van der Waals surface area contributed by atoms with Crippen LogP contribution >= 0.6 is 11.6 Å². The molecular weight excluding hydrogens is 266 g/mol. The summed E-state index contributed by atoms with van der Waals surface area (Å²) in [4.78, 5) is 17.1. The number of nitrogens with zero attached hydrogens (tertiary/aromatic N) is 3. The molecule has 1 fully saturated rings. The van der Waals surface area contributed by atoms with E-state index in [0.717, 1.165) is 25.8 Å². The number of hydrogen-bond donors (Lipinski definition) is 1. The van der Waals surface area contributed by atoms with Crippen LogP contribution < -0.4 is 4.90 Å². The molecule has 2 rings (SSSR count). The van der Waals surface area contributed by atoms with Crippen LogP contribution in [-0.2, 0) is 4.79 Å². The molecule has 0 radical (unpaired) electrons. The van der Waals surface area contributed by atoms with Gasteiger partial charge in [-0.1, -0.05) is 11.6 Å². The maximum atomic E-state index is 10.9. The van der Waals surface area contributed by atoms with Crippen molar-refractivity contribution in [2.24, 2.45) is 0 Å². The second-order valence-corrected chi connectivity index (χ2v) is 4.93. The molecule has 1 aromatic rings. The number of carbonyl (C=O) groups is 1. The summed E-state index contributed by atoms with van der Waals surface area (Å²) in [5.41, 5.74) is 0.367. The van der Waals surface area contributed by atoms with Crippen LogP contribution in [0.3, 0.4) is 0 Å². The molecule has 1 aliphatic heterocycles. The van der Waals surface area contributed by atoms with Gasteiger partial charge in [-0.3, -0.25) is 4.79 Å². The highest BCUT2D eigenvalue weighted by atomic mass is 35.5. The van der Waals surface area contributed by atoms with E-state index >= 15 is 0 Å². The van der Waals surface area contributed by atoms with Crippen LogP contribution in [0.1, 0.15) is 31.2 Å². The van der Waals surface area contributed by atoms with Crippen LogP contribution in [0.4, 0.5) is 5.82 Å². The summed E-state index contributed by atoms with van der Waals surface area (Å²) in [6.45, 7) is 0.722. The van der Waals surface area contributed by atoms with Crippen molar-refractivity contribution < 1.29 is 9.90 Å². The van der Waals surface area contributed by atoms with Crippen molar-refractivity contribution >= 4 is 23.4 Å². The second-order valence-electron chi connectivity index (χ2n) is 4.55. The molecule has 0 spiro atoms. The number of carboxylic acids is 1. The Kier molecular flexibility index (Phi) is 4.23. The van der Waals surface area contributed by atoms with Gasteiger partial charge in [-0.2, -0.15) is 5.26 Å². The van der Waals surface area contributed by atoms with E-state index in [4.69, 9.17) is 22.0 Å². The lowest BCUT2D eigenvalue weighted by Gasteiger charge is -2.36. The lowest BCUT2D eigenvalue weighted by atomic mass is 9.99. The number of rotatable bonds is 3. The summed E-state index contributed by atoms with van der Waals surface area (Å²) in [6.07, 6.45) is 4.39. The van der Waals surface area contributed by atoms with Crippen molar-refractivity contribution in [2.75, 3.05) is 11.4 Å². The molecule has 1 unspecified atom stereocenters. The maximum absolute atomic E-state index is 10.9. The topological polar surface area (TPSA) is 77.2 Å². The van der Waals surface area contributed by atoms with Gasteiger partial charge < -0.3 is 10.0 Å². The van der Waals surface area contributed by atoms with E-state index < -0.39 is 5.97 Å². The minimum Gasteiger partial charge on any atom is -0.481 e. The van der Waals surface area contributed by atoms with Crippen LogP contribution in [0.2, 0.25) is 5.02 Å². The highest BCUT2D eigenvalue weighted by Gasteiger charge is 2.27. The standard InChI is InChI=1S/C13H14ClN3O2/c14-12-9(8-15)4-5-16-13(12)17-6-2-1-3-10(17)7-11(18)19/h4-5,10H,1-3,6-7H2,(H,18,19). The number of aliphatic carboxylic acids is 1. The van der Waals surface area contributed by atoms with Crippen LogP contribution in [-0.4, -0.2) is 28.6 Å². The zero-order chi connectivity index (χ0) is 13.8. The third-order valence-corrected chi connectivity index (χ3v) is 3.67. The fraction of sp³-hybridized carbons (Fsp3) is 0.462. The smallest absolute Gasteiger partial charge is 0.305 e. The van der Waals surface area contributed by atoms with Gasteiger partial charge >= 0.3 is 5.97 Å². The Labute approximate surface area is 116 Å². The summed E-state index contributed by atoms with van der Waals surface area (Å²) in [5, 5.41) is 18.3. The first-order chi connectivity index (χ1) is 9.13. The van der Waals surface area contributed by atoms with Crippen LogP contribution in [0.5, 0.6) is 0 Å². The van der Waals surface area contributed by atoms with Crippen LogP contribution in [0, 0.1) is 11.3 Å². The number of halogens is 1. The third-order valence-electron chi connectivity index (χ3n) is 3.30. The largest absolute Gasteiger partial charge is 0.481 e. The molecule has 1 aromatic heterocycles. The van der Waals surface area contributed by atoms with Crippen LogP contribution in [0.15, 0.2) is 12.3 Å². The molecule has 0 aromatic carbocycles. The van der Waals surface area contributed by atoms with Gasteiger partial charge in [0.05, 0.1) is 12.0 Å². The molecule has 19 heavy (non-hydrogen) atoms. The SMILES string of the molecule is N#Cc1ccnc(N2CCCCC2CC(=O)O)c1Cl. The molecule has 1 aliphatic rings. The first-order valence-corrected chi connectivity index (χ1v) is 6.54. The van der Waals surface area contributed by atoms with E-state index in [-0.39, 0.29) is 12.5 Å².